The first-order chi connectivity index (χ1) is 12.6. The molecule has 0 fully saturated rings. The third-order valence-corrected chi connectivity index (χ3v) is 5.15. The zero-order valence-electron chi connectivity index (χ0n) is 14.0. The molecule has 26 heavy (non-hydrogen) atoms. The quantitative estimate of drug-likeness (QED) is 0.641. The lowest BCUT2D eigenvalue weighted by Crippen LogP contribution is -2.12. The second-order valence-corrected chi connectivity index (χ2v) is 7.16. The fourth-order valence-corrected chi connectivity index (χ4v) is 3.57. The lowest BCUT2D eigenvalue weighted by atomic mass is 10.2. The van der Waals surface area contributed by atoms with Gasteiger partial charge in [0.15, 0.2) is 5.13 Å². The number of benzene rings is 1. The molecular weight excluding hydrogens is 370 g/mol. The van der Waals surface area contributed by atoms with E-state index in [1.165, 1.54) is 22.7 Å². The second kappa shape index (κ2) is 8.59. The first kappa shape index (κ1) is 18.1. The van der Waals surface area contributed by atoms with Crippen LogP contribution in [0.2, 0.25) is 0 Å². The molecule has 0 spiro atoms. The van der Waals surface area contributed by atoms with Crippen molar-refractivity contribution in [3.8, 4) is 5.75 Å². The van der Waals surface area contributed by atoms with Gasteiger partial charge in [-0.2, -0.15) is 0 Å². The van der Waals surface area contributed by atoms with E-state index in [0.29, 0.717) is 34.3 Å². The van der Waals surface area contributed by atoms with Crippen molar-refractivity contribution in [1.82, 2.24) is 4.98 Å². The average molecular weight is 387 g/mol. The molecule has 2 N–H and O–H groups in total. The summed E-state index contributed by atoms with van der Waals surface area (Å²) in [5, 5.41) is 9.84. The summed E-state index contributed by atoms with van der Waals surface area (Å²) in [6.07, 6.45) is 0.806. The molecule has 0 saturated heterocycles. The highest BCUT2D eigenvalue weighted by Gasteiger charge is 2.11. The summed E-state index contributed by atoms with van der Waals surface area (Å²) < 4.78 is 5.13. The molecule has 134 valence electrons. The zero-order chi connectivity index (χ0) is 18.4. The van der Waals surface area contributed by atoms with Crippen molar-refractivity contribution in [2.75, 3.05) is 17.7 Å². The third kappa shape index (κ3) is 4.90. The van der Waals surface area contributed by atoms with Crippen molar-refractivity contribution in [3.63, 3.8) is 0 Å². The summed E-state index contributed by atoms with van der Waals surface area (Å²) in [6.45, 7) is 0. The minimum absolute atomic E-state index is 0.101. The number of hydrogen-bond donors (Lipinski definition) is 2. The van der Waals surface area contributed by atoms with E-state index in [1.807, 2.05) is 35.0 Å². The van der Waals surface area contributed by atoms with Crippen molar-refractivity contribution >= 4 is 45.3 Å². The monoisotopic (exact) mass is 387 g/mol. The molecule has 0 aliphatic heterocycles. The van der Waals surface area contributed by atoms with Crippen LogP contribution in [-0.4, -0.2) is 23.9 Å². The van der Waals surface area contributed by atoms with Gasteiger partial charge in [-0.05, 0) is 30.0 Å². The first-order valence-electron chi connectivity index (χ1n) is 7.87. The molecule has 3 rings (SSSR count). The van der Waals surface area contributed by atoms with E-state index in [9.17, 15) is 9.59 Å². The Labute approximate surface area is 158 Å². The molecule has 0 bridgehead atoms. The number of amides is 2. The van der Waals surface area contributed by atoms with Gasteiger partial charge in [0.1, 0.15) is 5.75 Å². The number of methoxy groups -OCH3 is 1. The van der Waals surface area contributed by atoms with Crippen LogP contribution < -0.4 is 15.4 Å². The molecule has 0 atom stereocenters. The molecule has 0 saturated carbocycles. The largest absolute Gasteiger partial charge is 0.497 e. The third-order valence-electron chi connectivity index (χ3n) is 3.48. The van der Waals surface area contributed by atoms with Gasteiger partial charge >= 0.3 is 0 Å². The molecule has 2 amide bonds. The van der Waals surface area contributed by atoms with Gasteiger partial charge in [0.25, 0.3) is 5.91 Å². The Kier molecular flexibility index (Phi) is 5.98. The number of thiophene rings is 1. The van der Waals surface area contributed by atoms with E-state index in [4.69, 9.17) is 4.74 Å². The number of anilines is 2. The number of ether oxygens (including phenoxy) is 1. The van der Waals surface area contributed by atoms with Crippen LogP contribution in [0.25, 0.3) is 0 Å². The Hall–Kier alpha value is -2.71. The highest BCUT2D eigenvalue weighted by molar-refractivity contribution is 7.14. The van der Waals surface area contributed by atoms with Gasteiger partial charge in [-0.3, -0.25) is 14.9 Å². The number of carbonyl (C=O) groups excluding carboxylic acids is 2. The Bertz CT molecular complexity index is 891. The molecule has 1 aromatic carbocycles. The van der Waals surface area contributed by atoms with Gasteiger partial charge in [0, 0.05) is 23.6 Å². The number of aryl methyl sites for hydroxylation is 1. The normalized spacial score (nSPS) is 10.3. The van der Waals surface area contributed by atoms with Crippen LogP contribution in [0.3, 0.4) is 0 Å². The van der Waals surface area contributed by atoms with Crippen LogP contribution >= 0.6 is 22.7 Å². The average Bonchev–Trinajstić information content (AvgIpc) is 3.32. The fourth-order valence-electron chi connectivity index (χ4n) is 2.21. The number of hydrogen-bond acceptors (Lipinski definition) is 6. The van der Waals surface area contributed by atoms with Gasteiger partial charge in [-0.15, -0.1) is 22.7 Å². The summed E-state index contributed by atoms with van der Waals surface area (Å²) >= 11 is 2.73. The molecular formula is C18H17N3O3S2. The first-order valence-corrected chi connectivity index (χ1v) is 9.63. The van der Waals surface area contributed by atoms with Crippen LogP contribution in [0.15, 0.2) is 47.2 Å². The van der Waals surface area contributed by atoms with Crippen molar-refractivity contribution in [3.05, 3.63) is 57.7 Å². The number of rotatable bonds is 7. The van der Waals surface area contributed by atoms with E-state index in [1.54, 1.807) is 19.2 Å². The maximum atomic E-state index is 12.1. The highest BCUT2D eigenvalue weighted by atomic mass is 32.1. The highest BCUT2D eigenvalue weighted by Crippen LogP contribution is 2.20. The Morgan fingerprint density at radius 1 is 1.15 bits per heavy atom. The molecule has 6 nitrogen and oxygen atoms in total. The number of nitrogens with zero attached hydrogens (tertiary/aromatic N) is 1. The molecule has 2 aromatic heterocycles. The molecule has 3 aromatic rings. The van der Waals surface area contributed by atoms with E-state index in [-0.39, 0.29) is 11.8 Å². The van der Waals surface area contributed by atoms with E-state index >= 15 is 0 Å². The van der Waals surface area contributed by atoms with Gasteiger partial charge in [0.2, 0.25) is 5.91 Å². The van der Waals surface area contributed by atoms with Gasteiger partial charge in [0.05, 0.1) is 17.7 Å². The summed E-state index contributed by atoms with van der Waals surface area (Å²) in [5.74, 6) is 0.417. The number of nitrogens with one attached hydrogen (secondary N) is 2. The standard InChI is InChI=1S/C18H17N3O3S2/c1-24-14-5-2-4-12(10-14)19-16(22)8-7-13-11-26-18(20-13)21-17(23)15-6-3-9-25-15/h2-6,9-11H,7-8H2,1H3,(H,19,22)(H,20,21,23). The molecule has 0 radical (unpaired) electrons. The predicted octanol–water partition coefficient (Wildman–Crippen LogP) is 4.04. The summed E-state index contributed by atoms with van der Waals surface area (Å²) in [4.78, 5) is 29.1. The lowest BCUT2D eigenvalue weighted by molar-refractivity contribution is -0.116. The molecule has 8 heteroatoms. The van der Waals surface area contributed by atoms with Crippen LogP contribution in [0.1, 0.15) is 21.8 Å². The van der Waals surface area contributed by atoms with E-state index in [0.717, 1.165) is 5.69 Å². The summed E-state index contributed by atoms with van der Waals surface area (Å²) in [5.41, 5.74) is 1.47. The van der Waals surface area contributed by atoms with Gasteiger partial charge in [-0.1, -0.05) is 12.1 Å². The molecule has 0 aliphatic carbocycles. The Balaban J connectivity index is 1.49. The number of thiazole rings is 1. The van der Waals surface area contributed by atoms with E-state index < -0.39 is 0 Å². The zero-order valence-corrected chi connectivity index (χ0v) is 15.7. The summed E-state index contributed by atoms with van der Waals surface area (Å²) in [6, 6.07) is 10.8. The maximum absolute atomic E-state index is 12.1. The van der Waals surface area contributed by atoms with Crippen LogP contribution in [0.4, 0.5) is 10.8 Å². The van der Waals surface area contributed by atoms with Gasteiger partial charge < -0.3 is 10.1 Å². The topological polar surface area (TPSA) is 80.3 Å². The molecule has 2 heterocycles. The Morgan fingerprint density at radius 3 is 2.81 bits per heavy atom. The van der Waals surface area contributed by atoms with Gasteiger partial charge in [-0.25, -0.2) is 4.98 Å². The maximum Gasteiger partial charge on any atom is 0.267 e. The predicted molar refractivity (Wildman–Crippen MR) is 104 cm³/mol. The minimum atomic E-state index is -0.170. The Morgan fingerprint density at radius 2 is 2.04 bits per heavy atom. The lowest BCUT2D eigenvalue weighted by Gasteiger charge is -2.06. The SMILES string of the molecule is COc1cccc(NC(=O)CCc2csc(NC(=O)c3cccs3)n2)c1. The number of carbonyl (C=O) groups is 2. The van der Waals surface area contributed by atoms with Crippen molar-refractivity contribution in [2.24, 2.45) is 0 Å². The van der Waals surface area contributed by atoms with Crippen molar-refractivity contribution in [2.45, 2.75) is 12.8 Å². The van der Waals surface area contributed by atoms with Crippen LogP contribution in [0, 0.1) is 0 Å². The smallest absolute Gasteiger partial charge is 0.267 e. The van der Waals surface area contributed by atoms with Crippen molar-refractivity contribution in [1.29, 1.82) is 0 Å². The molecule has 0 unspecified atom stereocenters. The van der Waals surface area contributed by atoms with E-state index in [2.05, 4.69) is 15.6 Å². The number of aromatic nitrogens is 1. The fraction of sp³-hybridized carbons (Fsp3) is 0.167. The summed E-state index contributed by atoms with van der Waals surface area (Å²) in [7, 11) is 1.58. The van der Waals surface area contributed by atoms with Crippen molar-refractivity contribution < 1.29 is 14.3 Å². The van der Waals surface area contributed by atoms with Crippen LogP contribution in [0.5, 0.6) is 5.75 Å². The molecule has 0 aliphatic rings. The second-order valence-electron chi connectivity index (χ2n) is 5.36. The van der Waals surface area contributed by atoms with Crippen LogP contribution in [-0.2, 0) is 11.2 Å². The minimum Gasteiger partial charge on any atom is -0.497 e.